The third-order valence-corrected chi connectivity index (χ3v) is 15.5. The van der Waals surface area contributed by atoms with E-state index < -0.39 is 0 Å². The molecule has 398 valence electrons. The molecule has 0 unspecified atom stereocenters. The number of nitrogens with zero attached hydrogens (tertiary/aromatic N) is 14. The van der Waals surface area contributed by atoms with Gasteiger partial charge in [-0.25, -0.2) is 29.5 Å². The lowest BCUT2D eigenvalue weighted by Crippen LogP contribution is -2.48. The number of hydrogen-bond acceptors (Lipinski definition) is 14. The van der Waals surface area contributed by atoms with E-state index in [4.69, 9.17) is 19.3 Å². The van der Waals surface area contributed by atoms with Gasteiger partial charge in [0.15, 0.2) is 11.6 Å². The SMILES string of the molecule is Cc1cc(-c2ccc3c(n2)N(C(=O)Nc2cc(-c4cnn(C)c4)ccn2)[C@H]2CCN3C2)ccn1.Cc1cc(-c2ccc3c(n2)N(C(=O)Nc2cc(Br)ccn2)[C@H]2CCN3C2)ccn1.Cn1cc(B2OC(C)(C)C(C)(C)O2)cn1. The van der Waals surface area contributed by atoms with E-state index in [0.717, 1.165) is 105 Å². The minimum Gasteiger partial charge on any atom is -0.399 e. The van der Waals surface area contributed by atoms with Gasteiger partial charge in [0, 0.05) is 122 Å². The first-order chi connectivity index (χ1) is 37.4. The Hall–Kier alpha value is -8.08. The smallest absolute Gasteiger partial charge is 0.399 e. The van der Waals surface area contributed by atoms with Crippen molar-refractivity contribution in [2.75, 3.05) is 56.4 Å². The van der Waals surface area contributed by atoms with E-state index in [2.05, 4.69) is 78.6 Å². The Balaban J connectivity index is 0.000000133. The van der Waals surface area contributed by atoms with Crippen LogP contribution >= 0.6 is 15.9 Å². The number of carbonyl (C=O) groups excluding carboxylic acids is 2. The molecule has 3 fully saturated rings. The van der Waals surface area contributed by atoms with Crippen LogP contribution in [0.25, 0.3) is 33.6 Å². The minimum absolute atomic E-state index is 0.0657. The lowest BCUT2D eigenvalue weighted by atomic mass is 9.82. The molecule has 78 heavy (non-hydrogen) atoms. The first kappa shape index (κ1) is 52.0. The molecule has 20 nitrogen and oxygen atoms in total. The Morgan fingerprint density at radius 1 is 0.603 bits per heavy atom. The number of carbonyl (C=O) groups is 2. The molecule has 8 aromatic rings. The van der Waals surface area contributed by atoms with Crippen molar-refractivity contribution in [1.82, 2.24) is 49.5 Å². The van der Waals surface area contributed by atoms with Crippen molar-refractivity contribution >= 4 is 75.2 Å². The number of aryl methyl sites for hydroxylation is 4. The third kappa shape index (κ3) is 10.7. The van der Waals surface area contributed by atoms with E-state index in [1.165, 1.54) is 0 Å². The summed E-state index contributed by atoms with van der Waals surface area (Å²) in [7, 11) is 3.46. The molecule has 22 heteroatoms. The van der Waals surface area contributed by atoms with Crippen LogP contribution in [0.4, 0.5) is 44.2 Å². The van der Waals surface area contributed by atoms with Crippen molar-refractivity contribution < 1.29 is 18.9 Å². The normalized spacial score (nSPS) is 18.1. The highest BCUT2D eigenvalue weighted by atomic mass is 79.9. The molecular weight excluding hydrogens is 1050 g/mol. The number of pyridine rings is 6. The monoisotopic (exact) mass is 1110 g/mol. The molecule has 5 aliphatic rings. The number of halogens is 1. The van der Waals surface area contributed by atoms with Gasteiger partial charge in [-0.15, -0.1) is 0 Å². The van der Waals surface area contributed by atoms with Gasteiger partial charge in [-0.05, 0) is 133 Å². The van der Waals surface area contributed by atoms with E-state index in [0.29, 0.717) is 23.3 Å². The van der Waals surface area contributed by atoms with E-state index in [-0.39, 0.29) is 42.5 Å². The molecule has 13 rings (SSSR count). The molecule has 8 aromatic heterocycles. The highest BCUT2D eigenvalue weighted by molar-refractivity contribution is 9.10. The molecular formula is C56H60BBrN16O4. The van der Waals surface area contributed by atoms with Crippen LogP contribution in [0.3, 0.4) is 0 Å². The van der Waals surface area contributed by atoms with E-state index in [1.54, 1.807) is 62.4 Å². The van der Waals surface area contributed by atoms with Crippen molar-refractivity contribution in [2.45, 2.75) is 77.7 Å². The number of rotatable bonds is 6. The quantitative estimate of drug-likeness (QED) is 0.150. The Kier molecular flexibility index (Phi) is 14.0. The second kappa shape index (κ2) is 21.0. The standard InChI is InChI=1S/C25H24N8O.C21H19BrN6O.C10H17BN2O2/c1-16-11-18(6-8-26-16)21-3-4-22-24(29-21)33(20-7-10-32(22)15-20)25(34)30-23-12-17(5-9-27-23)19-13-28-31(2)14-19;1-13-10-14(4-7-23-13)17-2-3-18-20(25-17)28(16-6-9-27(18)12-16)21(29)26-19-11-15(22)5-8-24-19;1-9(2)10(3,4)15-11(14-9)8-6-12-13(5)7-8/h3-6,8-9,11-14,20H,7,10,15H2,1-2H3,(H,27,30,34);2-5,7-8,10-11,16H,6,9,12H2,1H3,(H,24,26,29);6-7H,1-5H3/t20-;16-;/m00./s1. The number of fused-ring (bicyclic) bond motifs is 8. The molecule has 2 N–H and O–H groups in total. The molecule has 2 atom stereocenters. The van der Waals surface area contributed by atoms with Crippen molar-refractivity contribution in [1.29, 1.82) is 0 Å². The van der Waals surface area contributed by atoms with E-state index in [1.807, 2.05) is 123 Å². The first-order valence-electron chi connectivity index (χ1n) is 25.9. The Bertz CT molecular complexity index is 3540. The zero-order chi connectivity index (χ0) is 54.5. The lowest BCUT2D eigenvalue weighted by Gasteiger charge is -2.35. The fraction of sp³-hybridized carbons (Fsp3) is 0.321. The van der Waals surface area contributed by atoms with E-state index in [9.17, 15) is 9.59 Å². The topological polar surface area (TPSA) is 203 Å². The number of urea groups is 2. The Morgan fingerprint density at radius 2 is 1.09 bits per heavy atom. The summed E-state index contributed by atoms with van der Waals surface area (Å²) in [5.74, 6) is 2.38. The van der Waals surface area contributed by atoms with Crippen LogP contribution in [0, 0.1) is 13.8 Å². The maximum Gasteiger partial charge on any atom is 0.498 e. The summed E-state index contributed by atoms with van der Waals surface area (Å²) in [6, 6.07) is 23.2. The maximum absolute atomic E-state index is 13.6. The van der Waals surface area contributed by atoms with Crippen LogP contribution in [-0.4, -0.2) is 118 Å². The van der Waals surface area contributed by atoms with Crippen molar-refractivity contribution in [3.63, 3.8) is 0 Å². The summed E-state index contributed by atoms with van der Waals surface area (Å²) in [6.07, 6.45) is 16.2. The predicted molar refractivity (Wildman–Crippen MR) is 306 cm³/mol. The maximum atomic E-state index is 13.6. The largest absolute Gasteiger partial charge is 0.498 e. The van der Waals surface area contributed by atoms with Crippen LogP contribution in [0.2, 0.25) is 0 Å². The number of amides is 4. The van der Waals surface area contributed by atoms with Gasteiger partial charge in [-0.3, -0.25) is 39.8 Å². The molecule has 4 bridgehead atoms. The molecule has 0 radical (unpaired) electrons. The van der Waals surface area contributed by atoms with Gasteiger partial charge < -0.3 is 19.1 Å². The number of aromatic nitrogens is 10. The molecule has 5 aliphatic heterocycles. The molecule has 0 spiro atoms. The average Bonchev–Trinajstić information content (AvgIpc) is 4.45. The number of anilines is 6. The Labute approximate surface area is 461 Å². The number of hydrogen-bond donors (Lipinski definition) is 2. The Morgan fingerprint density at radius 3 is 1.58 bits per heavy atom. The van der Waals surface area contributed by atoms with Crippen LogP contribution < -0.4 is 35.7 Å². The average molecular weight is 1110 g/mol. The number of nitrogens with one attached hydrogen (secondary N) is 2. The summed E-state index contributed by atoms with van der Waals surface area (Å²) in [5.41, 5.74) is 9.76. The summed E-state index contributed by atoms with van der Waals surface area (Å²) in [4.78, 5) is 62.0. The van der Waals surface area contributed by atoms with Gasteiger partial charge in [-0.1, -0.05) is 15.9 Å². The highest BCUT2D eigenvalue weighted by Gasteiger charge is 2.52. The van der Waals surface area contributed by atoms with Gasteiger partial charge in [0.1, 0.15) is 11.6 Å². The van der Waals surface area contributed by atoms with Crippen molar-refractivity contribution in [3.8, 4) is 33.6 Å². The second-order valence-electron chi connectivity index (χ2n) is 21.1. The zero-order valence-electron chi connectivity index (χ0n) is 44.8. The first-order valence-corrected chi connectivity index (χ1v) is 26.7. The second-order valence-corrected chi connectivity index (χ2v) is 22.0. The van der Waals surface area contributed by atoms with Crippen molar-refractivity contribution in [3.05, 3.63) is 138 Å². The van der Waals surface area contributed by atoms with Gasteiger partial charge in [0.2, 0.25) is 0 Å². The summed E-state index contributed by atoms with van der Waals surface area (Å²) in [6.45, 7) is 15.6. The molecule has 13 heterocycles. The predicted octanol–water partition coefficient (Wildman–Crippen LogP) is 8.84. The molecule has 0 saturated carbocycles. The van der Waals surface area contributed by atoms with Crippen LogP contribution in [0.15, 0.2) is 127 Å². The lowest BCUT2D eigenvalue weighted by molar-refractivity contribution is 0.00578. The minimum atomic E-state index is -0.302. The molecule has 3 saturated heterocycles. The zero-order valence-corrected chi connectivity index (χ0v) is 46.4. The van der Waals surface area contributed by atoms with E-state index >= 15 is 0 Å². The third-order valence-electron chi connectivity index (χ3n) is 15.0. The van der Waals surface area contributed by atoms with Crippen LogP contribution in [-0.2, 0) is 23.4 Å². The van der Waals surface area contributed by atoms with Crippen molar-refractivity contribution in [2.24, 2.45) is 14.1 Å². The molecule has 0 aliphatic carbocycles. The van der Waals surface area contributed by atoms with Gasteiger partial charge in [-0.2, -0.15) is 10.2 Å². The van der Waals surface area contributed by atoms with Crippen LogP contribution in [0.1, 0.15) is 51.9 Å². The van der Waals surface area contributed by atoms with Gasteiger partial charge in [0.05, 0.1) is 52.2 Å². The van der Waals surface area contributed by atoms with Gasteiger partial charge >= 0.3 is 19.2 Å². The van der Waals surface area contributed by atoms with Crippen LogP contribution in [0.5, 0.6) is 0 Å². The molecule has 4 amide bonds. The summed E-state index contributed by atoms with van der Waals surface area (Å²) < 4.78 is 16.1. The fourth-order valence-electron chi connectivity index (χ4n) is 10.3. The van der Waals surface area contributed by atoms with Gasteiger partial charge in [0.25, 0.3) is 0 Å². The fourth-order valence-corrected chi connectivity index (χ4v) is 10.6. The molecule has 0 aromatic carbocycles. The summed E-state index contributed by atoms with van der Waals surface area (Å²) in [5, 5.41) is 14.3. The summed E-state index contributed by atoms with van der Waals surface area (Å²) >= 11 is 3.42. The highest BCUT2D eigenvalue weighted by Crippen LogP contribution is 2.42.